The zero-order valence-corrected chi connectivity index (χ0v) is 10.9. The van der Waals surface area contributed by atoms with Crippen LogP contribution < -0.4 is 10.6 Å². The Morgan fingerprint density at radius 1 is 1.56 bits per heavy atom. The standard InChI is InChI=1S/C13H21N3O2/c1-10(9-17)4-3-6-15-11-5-7-16-12(8-11)13(18)14-2/h5,7-8,10,17H,3-4,6,9H2,1-2H3,(H,14,18)(H,15,16). The van der Waals surface area contributed by atoms with Gasteiger partial charge in [0, 0.05) is 32.1 Å². The number of amides is 1. The molecule has 0 saturated carbocycles. The van der Waals surface area contributed by atoms with Gasteiger partial charge >= 0.3 is 0 Å². The Morgan fingerprint density at radius 2 is 2.33 bits per heavy atom. The molecule has 1 amide bonds. The van der Waals surface area contributed by atoms with E-state index in [4.69, 9.17) is 5.11 Å². The molecule has 100 valence electrons. The molecule has 1 unspecified atom stereocenters. The van der Waals surface area contributed by atoms with Gasteiger partial charge < -0.3 is 15.7 Å². The maximum absolute atomic E-state index is 11.4. The highest BCUT2D eigenvalue weighted by molar-refractivity contribution is 5.92. The SMILES string of the molecule is CNC(=O)c1cc(NCCCC(C)CO)ccn1. The van der Waals surface area contributed by atoms with Crippen LogP contribution in [0, 0.1) is 5.92 Å². The van der Waals surface area contributed by atoms with E-state index in [2.05, 4.69) is 15.6 Å². The van der Waals surface area contributed by atoms with Crippen LogP contribution >= 0.6 is 0 Å². The minimum atomic E-state index is -0.187. The Bertz CT molecular complexity index is 382. The Kier molecular flexibility index (Phi) is 6.14. The summed E-state index contributed by atoms with van der Waals surface area (Å²) in [4.78, 5) is 15.4. The molecule has 0 aromatic carbocycles. The second kappa shape index (κ2) is 7.66. The molecule has 0 spiro atoms. The third kappa shape index (κ3) is 4.71. The predicted octanol–water partition coefficient (Wildman–Crippen LogP) is 1.26. The van der Waals surface area contributed by atoms with Gasteiger partial charge in [-0.15, -0.1) is 0 Å². The molecule has 1 heterocycles. The van der Waals surface area contributed by atoms with E-state index < -0.39 is 0 Å². The lowest BCUT2D eigenvalue weighted by molar-refractivity contribution is 0.0958. The Hall–Kier alpha value is -1.62. The van der Waals surface area contributed by atoms with E-state index in [0.717, 1.165) is 25.1 Å². The second-order valence-corrected chi connectivity index (χ2v) is 4.37. The summed E-state index contributed by atoms with van der Waals surface area (Å²) in [5.74, 6) is 0.151. The number of hydrogen-bond acceptors (Lipinski definition) is 4. The lowest BCUT2D eigenvalue weighted by Gasteiger charge is -2.09. The number of nitrogens with zero attached hydrogens (tertiary/aromatic N) is 1. The maximum Gasteiger partial charge on any atom is 0.269 e. The minimum absolute atomic E-state index is 0.187. The first kappa shape index (κ1) is 14.4. The Labute approximate surface area is 108 Å². The van der Waals surface area contributed by atoms with E-state index in [9.17, 15) is 4.79 Å². The average Bonchev–Trinajstić information content (AvgIpc) is 2.42. The molecule has 5 heteroatoms. The summed E-state index contributed by atoms with van der Waals surface area (Å²) in [5, 5.41) is 14.7. The van der Waals surface area contributed by atoms with Crippen LogP contribution in [-0.2, 0) is 0 Å². The first-order chi connectivity index (χ1) is 8.67. The van der Waals surface area contributed by atoms with Gasteiger partial charge in [0.25, 0.3) is 5.91 Å². The van der Waals surface area contributed by atoms with Crippen LogP contribution in [0.2, 0.25) is 0 Å². The summed E-state index contributed by atoms with van der Waals surface area (Å²) in [7, 11) is 1.58. The quantitative estimate of drug-likeness (QED) is 0.638. The molecule has 0 fully saturated rings. The topological polar surface area (TPSA) is 74.2 Å². The summed E-state index contributed by atoms with van der Waals surface area (Å²) in [5.41, 5.74) is 1.30. The number of rotatable bonds is 7. The van der Waals surface area contributed by atoms with Crippen molar-refractivity contribution >= 4 is 11.6 Å². The fraction of sp³-hybridized carbons (Fsp3) is 0.538. The molecule has 0 saturated heterocycles. The highest BCUT2D eigenvalue weighted by Crippen LogP contribution is 2.09. The van der Waals surface area contributed by atoms with E-state index >= 15 is 0 Å². The highest BCUT2D eigenvalue weighted by atomic mass is 16.3. The fourth-order valence-corrected chi connectivity index (χ4v) is 1.57. The Balaban J connectivity index is 2.40. The van der Waals surface area contributed by atoms with Crippen LogP contribution in [0.15, 0.2) is 18.3 Å². The fourth-order valence-electron chi connectivity index (χ4n) is 1.57. The second-order valence-electron chi connectivity index (χ2n) is 4.37. The number of pyridine rings is 1. The van der Waals surface area contributed by atoms with Crippen molar-refractivity contribution in [1.29, 1.82) is 0 Å². The summed E-state index contributed by atoms with van der Waals surface area (Å²) < 4.78 is 0. The molecule has 3 N–H and O–H groups in total. The molecule has 0 aliphatic carbocycles. The van der Waals surface area contributed by atoms with Gasteiger partial charge in [0.05, 0.1) is 0 Å². The van der Waals surface area contributed by atoms with Crippen molar-refractivity contribution in [2.75, 3.05) is 25.5 Å². The summed E-state index contributed by atoms with van der Waals surface area (Å²) >= 11 is 0. The van der Waals surface area contributed by atoms with Crippen LogP contribution in [0.1, 0.15) is 30.3 Å². The van der Waals surface area contributed by atoms with Crippen LogP contribution in [-0.4, -0.2) is 36.2 Å². The van der Waals surface area contributed by atoms with Crippen LogP contribution in [0.4, 0.5) is 5.69 Å². The molecule has 1 atom stereocenters. The van der Waals surface area contributed by atoms with Gasteiger partial charge in [-0.3, -0.25) is 9.78 Å². The molecular weight excluding hydrogens is 230 g/mol. The van der Waals surface area contributed by atoms with Gasteiger partial charge in [-0.1, -0.05) is 6.92 Å². The first-order valence-electron chi connectivity index (χ1n) is 6.20. The van der Waals surface area contributed by atoms with Gasteiger partial charge in [-0.05, 0) is 30.9 Å². The van der Waals surface area contributed by atoms with Crippen LogP contribution in [0.25, 0.3) is 0 Å². The van der Waals surface area contributed by atoms with Gasteiger partial charge in [0.15, 0.2) is 0 Å². The number of hydrogen-bond donors (Lipinski definition) is 3. The number of carbonyl (C=O) groups is 1. The number of carbonyl (C=O) groups excluding carboxylic acids is 1. The van der Waals surface area contributed by atoms with Crippen molar-refractivity contribution in [2.24, 2.45) is 5.92 Å². The Morgan fingerprint density at radius 3 is 3.00 bits per heavy atom. The normalized spacial score (nSPS) is 11.9. The molecule has 1 aromatic rings. The number of aromatic nitrogens is 1. The average molecular weight is 251 g/mol. The van der Waals surface area contributed by atoms with Crippen molar-refractivity contribution in [3.05, 3.63) is 24.0 Å². The van der Waals surface area contributed by atoms with Crippen molar-refractivity contribution in [3.8, 4) is 0 Å². The molecule has 0 radical (unpaired) electrons. The van der Waals surface area contributed by atoms with Gasteiger partial charge in [0.2, 0.25) is 0 Å². The molecule has 5 nitrogen and oxygen atoms in total. The summed E-state index contributed by atoms with van der Waals surface area (Å²) in [6, 6.07) is 3.57. The summed E-state index contributed by atoms with van der Waals surface area (Å²) in [6.45, 7) is 3.08. The molecule has 1 aromatic heterocycles. The predicted molar refractivity (Wildman–Crippen MR) is 71.6 cm³/mol. The lowest BCUT2D eigenvalue weighted by atomic mass is 10.1. The molecule has 1 rings (SSSR count). The molecule has 0 bridgehead atoms. The molecule has 18 heavy (non-hydrogen) atoms. The lowest BCUT2D eigenvalue weighted by Crippen LogP contribution is -2.19. The first-order valence-corrected chi connectivity index (χ1v) is 6.20. The highest BCUT2D eigenvalue weighted by Gasteiger charge is 2.05. The maximum atomic E-state index is 11.4. The summed E-state index contributed by atoms with van der Waals surface area (Å²) in [6.07, 6.45) is 3.58. The third-order valence-electron chi connectivity index (χ3n) is 2.73. The monoisotopic (exact) mass is 251 g/mol. The molecule has 0 aliphatic rings. The van der Waals surface area contributed by atoms with Crippen molar-refractivity contribution in [3.63, 3.8) is 0 Å². The third-order valence-corrected chi connectivity index (χ3v) is 2.73. The van der Waals surface area contributed by atoms with E-state index in [1.165, 1.54) is 0 Å². The number of nitrogens with one attached hydrogen (secondary N) is 2. The number of aliphatic hydroxyl groups excluding tert-OH is 1. The largest absolute Gasteiger partial charge is 0.396 e. The zero-order valence-electron chi connectivity index (χ0n) is 10.9. The number of aliphatic hydroxyl groups is 1. The van der Waals surface area contributed by atoms with E-state index in [-0.39, 0.29) is 12.5 Å². The smallest absolute Gasteiger partial charge is 0.269 e. The number of anilines is 1. The van der Waals surface area contributed by atoms with Gasteiger partial charge in [0.1, 0.15) is 5.69 Å². The van der Waals surface area contributed by atoms with E-state index in [1.54, 1.807) is 19.3 Å². The molecular formula is C13H21N3O2. The van der Waals surface area contributed by atoms with Crippen LogP contribution in [0.3, 0.4) is 0 Å². The van der Waals surface area contributed by atoms with Crippen LogP contribution in [0.5, 0.6) is 0 Å². The zero-order chi connectivity index (χ0) is 13.4. The van der Waals surface area contributed by atoms with Crippen molar-refractivity contribution in [1.82, 2.24) is 10.3 Å². The van der Waals surface area contributed by atoms with Gasteiger partial charge in [-0.2, -0.15) is 0 Å². The molecule has 0 aliphatic heterocycles. The minimum Gasteiger partial charge on any atom is -0.396 e. The van der Waals surface area contributed by atoms with Gasteiger partial charge in [-0.25, -0.2) is 0 Å². The van der Waals surface area contributed by atoms with Crippen molar-refractivity contribution < 1.29 is 9.90 Å². The van der Waals surface area contributed by atoms with Crippen molar-refractivity contribution in [2.45, 2.75) is 19.8 Å². The van der Waals surface area contributed by atoms with E-state index in [1.807, 2.05) is 13.0 Å². The van der Waals surface area contributed by atoms with E-state index in [0.29, 0.717) is 11.6 Å².